The normalized spacial score (nSPS) is 17.2. The van der Waals surface area contributed by atoms with Crippen molar-refractivity contribution < 1.29 is 4.79 Å². The highest BCUT2D eigenvalue weighted by molar-refractivity contribution is 5.85. The van der Waals surface area contributed by atoms with Gasteiger partial charge in [0.2, 0.25) is 5.91 Å². The van der Waals surface area contributed by atoms with E-state index in [2.05, 4.69) is 19.9 Å². The first kappa shape index (κ1) is 14.0. The van der Waals surface area contributed by atoms with Gasteiger partial charge in [0.25, 0.3) is 0 Å². The Hall–Kier alpha value is -1.04. The summed E-state index contributed by atoms with van der Waals surface area (Å²) < 4.78 is 0. The molecule has 0 N–H and O–H groups in total. The van der Waals surface area contributed by atoms with Gasteiger partial charge in [-0.15, -0.1) is 0 Å². The van der Waals surface area contributed by atoms with Crippen molar-refractivity contribution in [3.05, 3.63) is 0 Å². The van der Waals surface area contributed by atoms with Gasteiger partial charge in [-0.25, -0.2) is 0 Å². The molecular weight excluding hydrogens is 212 g/mol. The fourth-order valence-corrected chi connectivity index (χ4v) is 2.41. The van der Waals surface area contributed by atoms with Crippen LogP contribution in [0.3, 0.4) is 0 Å². The minimum atomic E-state index is -0.891. The molecule has 0 spiro atoms. The van der Waals surface area contributed by atoms with E-state index in [0.717, 1.165) is 19.4 Å². The lowest BCUT2D eigenvalue weighted by atomic mass is 9.92. The molecule has 3 heteroatoms. The molecule has 0 saturated heterocycles. The number of amides is 1. The first-order valence-corrected chi connectivity index (χ1v) is 6.61. The third-order valence-corrected chi connectivity index (χ3v) is 3.40. The highest BCUT2D eigenvalue weighted by Crippen LogP contribution is 2.28. The Bertz CT molecular complexity index is 309. The molecule has 0 unspecified atom stereocenters. The summed E-state index contributed by atoms with van der Waals surface area (Å²) in [6.07, 6.45) is 4.61. The van der Waals surface area contributed by atoms with Crippen LogP contribution in [0.1, 0.15) is 53.4 Å². The summed E-state index contributed by atoms with van der Waals surface area (Å²) in [5.74, 6) is 0.453. The van der Waals surface area contributed by atoms with Crippen LogP contribution in [-0.2, 0) is 4.79 Å². The van der Waals surface area contributed by atoms with Gasteiger partial charge in [0, 0.05) is 12.6 Å². The van der Waals surface area contributed by atoms with Crippen LogP contribution in [0.25, 0.3) is 0 Å². The first-order valence-electron chi connectivity index (χ1n) is 6.61. The molecule has 96 valence electrons. The van der Waals surface area contributed by atoms with Crippen LogP contribution in [0.4, 0.5) is 0 Å². The zero-order valence-electron chi connectivity index (χ0n) is 11.5. The summed E-state index contributed by atoms with van der Waals surface area (Å²) in [6, 6.07) is 2.49. The molecule has 0 atom stereocenters. The van der Waals surface area contributed by atoms with Crippen molar-refractivity contribution in [1.82, 2.24) is 4.90 Å². The van der Waals surface area contributed by atoms with Gasteiger partial charge in [-0.3, -0.25) is 4.79 Å². The molecule has 17 heavy (non-hydrogen) atoms. The Balaban J connectivity index is 2.82. The van der Waals surface area contributed by atoms with Crippen molar-refractivity contribution in [3.63, 3.8) is 0 Å². The van der Waals surface area contributed by atoms with Crippen LogP contribution in [0, 0.1) is 22.7 Å². The lowest BCUT2D eigenvalue weighted by Crippen LogP contribution is -2.47. The van der Waals surface area contributed by atoms with Crippen molar-refractivity contribution in [3.8, 4) is 6.07 Å². The monoisotopic (exact) mass is 236 g/mol. The van der Waals surface area contributed by atoms with Crippen LogP contribution in [0.5, 0.6) is 0 Å². The Labute approximate surface area is 105 Å². The fourth-order valence-electron chi connectivity index (χ4n) is 2.41. The van der Waals surface area contributed by atoms with Crippen LogP contribution >= 0.6 is 0 Å². The van der Waals surface area contributed by atoms with Crippen molar-refractivity contribution >= 4 is 5.91 Å². The second-order valence-corrected chi connectivity index (χ2v) is 6.03. The number of hydrogen-bond donors (Lipinski definition) is 0. The molecule has 0 aromatic carbocycles. The average Bonchev–Trinajstić information content (AvgIpc) is 2.77. The van der Waals surface area contributed by atoms with E-state index in [1.165, 1.54) is 12.8 Å². The summed E-state index contributed by atoms with van der Waals surface area (Å²) in [4.78, 5) is 14.4. The molecule has 0 aromatic heterocycles. The van der Waals surface area contributed by atoms with Gasteiger partial charge in [0.15, 0.2) is 0 Å². The zero-order chi connectivity index (χ0) is 13.1. The quantitative estimate of drug-likeness (QED) is 0.753. The summed E-state index contributed by atoms with van der Waals surface area (Å²) >= 11 is 0. The van der Waals surface area contributed by atoms with Crippen LogP contribution in [0.2, 0.25) is 0 Å². The van der Waals surface area contributed by atoms with Crippen molar-refractivity contribution in [2.45, 2.75) is 59.4 Å². The number of nitriles is 1. The van der Waals surface area contributed by atoms with Crippen LogP contribution < -0.4 is 0 Å². The van der Waals surface area contributed by atoms with Gasteiger partial charge in [-0.1, -0.05) is 26.7 Å². The predicted molar refractivity (Wildman–Crippen MR) is 68.2 cm³/mol. The SMILES string of the molecule is CC(C)CN(C(=O)C(C)(C)C#N)C1CCCC1. The summed E-state index contributed by atoms with van der Waals surface area (Å²) in [7, 11) is 0. The molecule has 0 heterocycles. The van der Waals surface area contributed by atoms with Crippen LogP contribution in [0.15, 0.2) is 0 Å². The van der Waals surface area contributed by atoms with E-state index in [-0.39, 0.29) is 5.91 Å². The van der Waals surface area contributed by atoms with Gasteiger partial charge in [0.05, 0.1) is 6.07 Å². The van der Waals surface area contributed by atoms with Crippen LogP contribution in [-0.4, -0.2) is 23.4 Å². The minimum Gasteiger partial charge on any atom is -0.338 e. The molecule has 1 aliphatic rings. The van der Waals surface area contributed by atoms with Gasteiger partial charge < -0.3 is 4.90 Å². The van der Waals surface area contributed by atoms with Gasteiger partial charge in [0.1, 0.15) is 5.41 Å². The predicted octanol–water partition coefficient (Wildman–Crippen LogP) is 2.96. The molecule has 1 aliphatic carbocycles. The van der Waals surface area contributed by atoms with Crippen molar-refractivity contribution in [2.75, 3.05) is 6.54 Å². The summed E-state index contributed by atoms with van der Waals surface area (Å²) in [6.45, 7) is 8.45. The average molecular weight is 236 g/mol. The Morgan fingerprint density at radius 2 is 1.94 bits per heavy atom. The zero-order valence-corrected chi connectivity index (χ0v) is 11.5. The molecule has 1 rings (SSSR count). The van der Waals surface area contributed by atoms with E-state index in [0.29, 0.717) is 12.0 Å². The van der Waals surface area contributed by atoms with Gasteiger partial charge in [-0.05, 0) is 32.6 Å². The van der Waals surface area contributed by atoms with Crippen molar-refractivity contribution in [1.29, 1.82) is 5.26 Å². The Morgan fingerprint density at radius 1 is 1.41 bits per heavy atom. The maximum Gasteiger partial charge on any atom is 0.242 e. The lowest BCUT2D eigenvalue weighted by molar-refractivity contribution is -0.140. The second kappa shape index (κ2) is 5.53. The third kappa shape index (κ3) is 3.46. The first-order chi connectivity index (χ1) is 7.88. The summed E-state index contributed by atoms with van der Waals surface area (Å²) in [5.41, 5.74) is -0.891. The molecule has 0 radical (unpaired) electrons. The number of hydrogen-bond acceptors (Lipinski definition) is 2. The molecular formula is C14H24N2O. The van der Waals surface area contributed by atoms with E-state index < -0.39 is 5.41 Å². The maximum atomic E-state index is 12.4. The lowest BCUT2D eigenvalue weighted by Gasteiger charge is -2.34. The standard InChI is InChI=1S/C14H24N2O/c1-11(2)9-16(12-7-5-6-8-12)13(17)14(3,4)10-15/h11-12H,5-9H2,1-4H3. The highest BCUT2D eigenvalue weighted by atomic mass is 16.2. The van der Waals surface area contributed by atoms with E-state index >= 15 is 0 Å². The van der Waals surface area contributed by atoms with E-state index in [9.17, 15) is 4.79 Å². The topological polar surface area (TPSA) is 44.1 Å². The molecule has 1 amide bonds. The molecule has 3 nitrogen and oxygen atoms in total. The number of carbonyl (C=O) groups is 1. The van der Waals surface area contributed by atoms with E-state index in [4.69, 9.17) is 5.26 Å². The van der Waals surface area contributed by atoms with E-state index in [1.807, 2.05) is 4.90 Å². The largest absolute Gasteiger partial charge is 0.338 e. The molecule has 0 aromatic rings. The molecule has 1 saturated carbocycles. The number of nitrogens with zero attached hydrogens (tertiary/aromatic N) is 2. The highest BCUT2D eigenvalue weighted by Gasteiger charge is 2.36. The second-order valence-electron chi connectivity index (χ2n) is 6.03. The number of carbonyl (C=O) groups excluding carboxylic acids is 1. The van der Waals surface area contributed by atoms with Gasteiger partial charge in [-0.2, -0.15) is 5.26 Å². The molecule has 1 fully saturated rings. The number of rotatable bonds is 4. The maximum absolute atomic E-state index is 12.4. The fraction of sp³-hybridized carbons (Fsp3) is 0.857. The third-order valence-electron chi connectivity index (χ3n) is 3.40. The summed E-state index contributed by atoms with van der Waals surface area (Å²) in [5, 5.41) is 9.09. The van der Waals surface area contributed by atoms with Gasteiger partial charge >= 0.3 is 0 Å². The molecule has 0 aliphatic heterocycles. The van der Waals surface area contributed by atoms with E-state index in [1.54, 1.807) is 13.8 Å². The molecule has 0 bridgehead atoms. The minimum absolute atomic E-state index is 0.000556. The smallest absolute Gasteiger partial charge is 0.242 e. The Kier molecular flexibility index (Phi) is 4.56. The van der Waals surface area contributed by atoms with Crippen molar-refractivity contribution in [2.24, 2.45) is 11.3 Å². The Morgan fingerprint density at radius 3 is 2.35 bits per heavy atom.